The van der Waals surface area contributed by atoms with Gasteiger partial charge < -0.3 is 15.0 Å². The zero-order valence-corrected chi connectivity index (χ0v) is 10.4. The summed E-state index contributed by atoms with van der Waals surface area (Å²) in [6, 6.07) is 4.23. The fourth-order valence-corrected chi connectivity index (χ4v) is 1.52. The van der Waals surface area contributed by atoms with E-state index in [0.29, 0.717) is 0 Å². The van der Waals surface area contributed by atoms with Crippen LogP contribution in [0.5, 0.6) is 0 Å². The molecule has 5 nitrogen and oxygen atoms in total. The zero-order valence-electron chi connectivity index (χ0n) is 10.4. The van der Waals surface area contributed by atoms with Gasteiger partial charge in [0.25, 0.3) is 12.3 Å². The molecule has 0 aliphatic carbocycles. The molecule has 0 saturated carbocycles. The topological polar surface area (TPSA) is 74.2 Å². The Hall–Kier alpha value is -2.09. The van der Waals surface area contributed by atoms with Gasteiger partial charge in [-0.3, -0.25) is 0 Å². The van der Waals surface area contributed by atoms with Gasteiger partial charge in [-0.1, -0.05) is 11.2 Å². The molecule has 8 heteroatoms. The van der Waals surface area contributed by atoms with Crippen molar-refractivity contribution in [2.45, 2.75) is 12.8 Å². The molecule has 2 aromatic rings. The van der Waals surface area contributed by atoms with Crippen LogP contribution in [0.2, 0.25) is 0 Å². The molecule has 0 radical (unpaired) electrons. The van der Waals surface area contributed by atoms with Gasteiger partial charge in [-0.2, -0.15) is 4.98 Å². The van der Waals surface area contributed by atoms with Gasteiger partial charge >= 0.3 is 0 Å². The van der Waals surface area contributed by atoms with Crippen LogP contribution in [0.25, 0.3) is 11.5 Å². The Bertz CT molecular complexity index is 575. The molecule has 2 N–H and O–H groups in total. The molecule has 0 saturated heterocycles. The maximum Gasteiger partial charge on any atom is 0.261 e. The second-order valence-electron chi connectivity index (χ2n) is 3.93. The molecule has 1 aromatic heterocycles. The number of nitrogen functional groups attached to an aromatic ring is 1. The fourth-order valence-electron chi connectivity index (χ4n) is 1.52. The largest absolute Gasteiger partial charge is 0.396 e. The summed E-state index contributed by atoms with van der Waals surface area (Å²) in [5.41, 5.74) is 5.77. The lowest BCUT2D eigenvalue weighted by Gasteiger charge is -2.01. The summed E-state index contributed by atoms with van der Waals surface area (Å²) in [5.74, 6) is -0.230. The standard InChI is InChI=1S/C12H12F3N3O2/c13-8-3-1-2-7(11(8)16)12-17-10(18-20-12)4-5-19-6-9(14)15/h1-3,9H,4-6,16H2. The van der Waals surface area contributed by atoms with Crippen LogP contribution in [-0.2, 0) is 11.2 Å². The van der Waals surface area contributed by atoms with Crippen LogP contribution in [0.15, 0.2) is 22.7 Å². The maximum atomic E-state index is 13.3. The minimum Gasteiger partial charge on any atom is -0.396 e. The van der Waals surface area contributed by atoms with E-state index in [1.807, 2.05) is 0 Å². The van der Waals surface area contributed by atoms with Crippen LogP contribution < -0.4 is 5.73 Å². The van der Waals surface area contributed by atoms with Crippen LogP contribution >= 0.6 is 0 Å². The van der Waals surface area contributed by atoms with Gasteiger partial charge in [-0.05, 0) is 12.1 Å². The SMILES string of the molecule is Nc1c(F)cccc1-c1nc(CCOCC(F)F)no1. The van der Waals surface area contributed by atoms with Crippen LogP contribution in [-0.4, -0.2) is 29.8 Å². The third-order valence-corrected chi connectivity index (χ3v) is 2.47. The second-order valence-corrected chi connectivity index (χ2v) is 3.93. The summed E-state index contributed by atoms with van der Waals surface area (Å²) < 4.78 is 46.6. The number of hydrogen-bond donors (Lipinski definition) is 1. The van der Waals surface area contributed by atoms with E-state index < -0.39 is 18.8 Å². The van der Waals surface area contributed by atoms with Crippen molar-refractivity contribution in [1.29, 1.82) is 0 Å². The number of alkyl halides is 2. The highest BCUT2D eigenvalue weighted by Crippen LogP contribution is 2.26. The van der Waals surface area contributed by atoms with Crippen molar-refractivity contribution in [2.75, 3.05) is 18.9 Å². The normalized spacial score (nSPS) is 11.2. The average molecular weight is 287 g/mol. The number of para-hydroxylation sites is 1. The number of halogens is 3. The van der Waals surface area contributed by atoms with E-state index in [2.05, 4.69) is 10.1 Å². The summed E-state index contributed by atoms with van der Waals surface area (Å²) in [6.07, 6.45) is -2.30. The van der Waals surface area contributed by atoms with Gasteiger partial charge in [-0.15, -0.1) is 0 Å². The van der Waals surface area contributed by atoms with Gasteiger partial charge in [0.2, 0.25) is 0 Å². The fraction of sp³-hybridized carbons (Fsp3) is 0.333. The van der Waals surface area contributed by atoms with E-state index in [9.17, 15) is 13.2 Å². The minimum atomic E-state index is -2.51. The number of hydrogen-bond acceptors (Lipinski definition) is 5. The highest BCUT2D eigenvalue weighted by molar-refractivity contribution is 5.70. The Morgan fingerprint density at radius 3 is 2.90 bits per heavy atom. The first-order valence-corrected chi connectivity index (χ1v) is 5.80. The first kappa shape index (κ1) is 14.3. The molecule has 1 heterocycles. The first-order chi connectivity index (χ1) is 9.58. The monoisotopic (exact) mass is 287 g/mol. The lowest BCUT2D eigenvalue weighted by molar-refractivity contribution is 0.0182. The van der Waals surface area contributed by atoms with Gasteiger partial charge in [0.05, 0.1) is 17.9 Å². The van der Waals surface area contributed by atoms with E-state index in [1.165, 1.54) is 12.1 Å². The molecule has 0 amide bonds. The van der Waals surface area contributed by atoms with Gasteiger partial charge in [-0.25, -0.2) is 13.2 Å². The Morgan fingerprint density at radius 1 is 1.35 bits per heavy atom. The quantitative estimate of drug-likeness (QED) is 0.651. The van der Waals surface area contributed by atoms with Crippen LogP contribution in [0, 0.1) is 5.82 Å². The number of benzene rings is 1. The molecule has 0 aliphatic heterocycles. The summed E-state index contributed by atoms with van der Waals surface area (Å²) in [4.78, 5) is 4.01. The molecule has 1 aromatic carbocycles. The highest BCUT2D eigenvalue weighted by atomic mass is 19.3. The zero-order chi connectivity index (χ0) is 14.5. The van der Waals surface area contributed by atoms with E-state index in [1.54, 1.807) is 6.07 Å². The predicted octanol–water partition coefficient (Wildman–Crippen LogP) is 2.28. The van der Waals surface area contributed by atoms with Gasteiger partial charge in [0, 0.05) is 6.42 Å². The molecule has 0 atom stereocenters. The van der Waals surface area contributed by atoms with Gasteiger partial charge in [0.1, 0.15) is 12.4 Å². The molecule has 0 bridgehead atoms. The number of aromatic nitrogens is 2. The Labute approximate surface area is 112 Å². The van der Waals surface area contributed by atoms with Crippen LogP contribution in [0.3, 0.4) is 0 Å². The van der Waals surface area contributed by atoms with Crippen molar-refractivity contribution < 1.29 is 22.4 Å². The molecule has 0 spiro atoms. The number of nitrogens with zero attached hydrogens (tertiary/aromatic N) is 2. The summed E-state index contributed by atoms with van der Waals surface area (Å²) in [5, 5.41) is 3.65. The molecular weight excluding hydrogens is 275 g/mol. The van der Waals surface area contributed by atoms with Crippen molar-refractivity contribution in [1.82, 2.24) is 10.1 Å². The number of ether oxygens (including phenoxy) is 1. The second kappa shape index (κ2) is 6.38. The molecule has 108 valence electrons. The summed E-state index contributed by atoms with van der Waals surface area (Å²) in [7, 11) is 0. The molecule has 0 fully saturated rings. The average Bonchev–Trinajstić information content (AvgIpc) is 2.86. The third-order valence-electron chi connectivity index (χ3n) is 2.47. The van der Waals surface area contributed by atoms with E-state index in [0.717, 1.165) is 0 Å². The number of anilines is 1. The predicted molar refractivity (Wildman–Crippen MR) is 64.6 cm³/mol. The van der Waals surface area contributed by atoms with Crippen LogP contribution in [0.4, 0.5) is 18.9 Å². The maximum absolute atomic E-state index is 13.3. The van der Waals surface area contributed by atoms with Crippen molar-refractivity contribution in [2.24, 2.45) is 0 Å². The van der Waals surface area contributed by atoms with Crippen molar-refractivity contribution in [3.63, 3.8) is 0 Å². The Balaban J connectivity index is 2.00. The third kappa shape index (κ3) is 3.47. The van der Waals surface area contributed by atoms with Crippen LogP contribution in [0.1, 0.15) is 5.82 Å². The summed E-state index contributed by atoms with van der Waals surface area (Å²) >= 11 is 0. The Morgan fingerprint density at radius 2 is 2.15 bits per heavy atom. The van der Waals surface area contributed by atoms with Gasteiger partial charge in [0.15, 0.2) is 5.82 Å². The lowest BCUT2D eigenvalue weighted by Crippen LogP contribution is -2.07. The molecule has 20 heavy (non-hydrogen) atoms. The van der Waals surface area contributed by atoms with E-state index in [4.69, 9.17) is 15.0 Å². The Kier molecular flexibility index (Phi) is 4.57. The molecule has 0 aliphatic rings. The van der Waals surface area contributed by atoms with Crippen molar-refractivity contribution in [3.8, 4) is 11.5 Å². The molecule has 2 rings (SSSR count). The molecular formula is C12H12F3N3O2. The highest BCUT2D eigenvalue weighted by Gasteiger charge is 2.14. The number of nitrogens with two attached hydrogens (primary N) is 1. The lowest BCUT2D eigenvalue weighted by atomic mass is 10.2. The minimum absolute atomic E-state index is 0.0436. The van der Waals surface area contributed by atoms with Crippen molar-refractivity contribution in [3.05, 3.63) is 29.8 Å². The molecule has 0 unspecified atom stereocenters. The van der Waals surface area contributed by atoms with E-state index >= 15 is 0 Å². The summed E-state index contributed by atoms with van der Waals surface area (Å²) in [6.45, 7) is -0.594. The smallest absolute Gasteiger partial charge is 0.261 e. The van der Waals surface area contributed by atoms with Crippen molar-refractivity contribution >= 4 is 5.69 Å². The van der Waals surface area contributed by atoms with E-state index in [-0.39, 0.29) is 36.0 Å². The number of rotatable bonds is 6. The first-order valence-electron chi connectivity index (χ1n) is 5.80.